The maximum absolute atomic E-state index is 12.9. The summed E-state index contributed by atoms with van der Waals surface area (Å²) in [5, 5.41) is 16.8. The second kappa shape index (κ2) is 9.98. The quantitative estimate of drug-likeness (QED) is 0.484. The second-order valence-corrected chi connectivity index (χ2v) is 9.80. The third-order valence-electron chi connectivity index (χ3n) is 6.51. The van der Waals surface area contributed by atoms with Gasteiger partial charge in [0.2, 0.25) is 11.8 Å². The van der Waals surface area contributed by atoms with Gasteiger partial charge >= 0.3 is 0 Å². The van der Waals surface area contributed by atoms with E-state index in [1.165, 1.54) is 6.20 Å². The minimum absolute atomic E-state index is 0.188. The molecule has 1 aromatic carbocycles. The molecule has 0 bridgehead atoms. The molecule has 37 heavy (non-hydrogen) atoms. The van der Waals surface area contributed by atoms with Crippen molar-refractivity contribution in [2.75, 3.05) is 32.8 Å². The fourth-order valence-corrected chi connectivity index (χ4v) is 5.31. The summed E-state index contributed by atoms with van der Waals surface area (Å²) >= 11 is 1.05. The molecule has 12 nitrogen and oxygen atoms in total. The Labute approximate surface area is 215 Å². The van der Waals surface area contributed by atoms with Crippen molar-refractivity contribution in [1.82, 2.24) is 29.9 Å². The molecule has 4 amide bonds. The van der Waals surface area contributed by atoms with E-state index >= 15 is 0 Å². The summed E-state index contributed by atoms with van der Waals surface area (Å²) in [6, 6.07) is 7.29. The monoisotopic (exact) mass is 521 g/mol. The largest absolute Gasteiger partial charge is 0.481 e. The smallest absolute Gasteiger partial charge is 0.265 e. The van der Waals surface area contributed by atoms with E-state index in [4.69, 9.17) is 10.00 Å². The maximum atomic E-state index is 12.9. The highest BCUT2D eigenvalue weighted by Crippen LogP contribution is 2.34. The van der Waals surface area contributed by atoms with Crippen LogP contribution >= 0.6 is 11.3 Å². The van der Waals surface area contributed by atoms with Crippen LogP contribution in [0.4, 0.5) is 0 Å². The molecule has 2 fully saturated rings. The SMILES string of the molecule is Cn1nc(C2CCC(=O)NC2=O)c2cccc(OCC(=O)N3CCN(C(=O)c4cnc(C#N)s4)CC3)c21. The van der Waals surface area contributed by atoms with Gasteiger partial charge in [0.1, 0.15) is 22.2 Å². The Hall–Kier alpha value is -4.31. The number of piperazine rings is 1. The predicted molar refractivity (Wildman–Crippen MR) is 131 cm³/mol. The summed E-state index contributed by atoms with van der Waals surface area (Å²) in [6.45, 7) is 1.29. The number of benzene rings is 1. The Morgan fingerprint density at radius 2 is 1.97 bits per heavy atom. The molecule has 1 N–H and O–H groups in total. The number of carbonyl (C=O) groups excluding carboxylic acids is 4. The van der Waals surface area contributed by atoms with Crippen LogP contribution in [0, 0.1) is 11.3 Å². The molecule has 5 rings (SSSR count). The first kappa shape index (κ1) is 24.4. The molecule has 2 aliphatic heterocycles. The summed E-state index contributed by atoms with van der Waals surface area (Å²) in [4.78, 5) is 57.0. The van der Waals surface area contributed by atoms with E-state index in [2.05, 4.69) is 15.4 Å². The number of nitriles is 1. The minimum Gasteiger partial charge on any atom is -0.481 e. The number of aromatic nitrogens is 3. The Morgan fingerprint density at radius 3 is 2.68 bits per heavy atom. The topological polar surface area (TPSA) is 151 Å². The van der Waals surface area contributed by atoms with E-state index in [1.807, 2.05) is 12.1 Å². The fraction of sp³-hybridized carbons (Fsp3) is 0.375. The Balaban J connectivity index is 1.22. The highest BCUT2D eigenvalue weighted by molar-refractivity contribution is 7.14. The number of fused-ring (bicyclic) bond motifs is 1. The lowest BCUT2D eigenvalue weighted by Crippen LogP contribution is -2.51. The zero-order valence-corrected chi connectivity index (χ0v) is 20.8. The summed E-state index contributed by atoms with van der Waals surface area (Å²) in [5.41, 5.74) is 1.23. The number of aryl methyl sites for hydroxylation is 1. The predicted octanol–water partition coefficient (Wildman–Crippen LogP) is 0.785. The molecular formula is C24H23N7O5S. The number of thiazole rings is 1. The van der Waals surface area contributed by atoms with Crippen molar-refractivity contribution in [3.63, 3.8) is 0 Å². The molecule has 1 unspecified atom stereocenters. The van der Waals surface area contributed by atoms with Crippen LogP contribution in [0.5, 0.6) is 5.75 Å². The molecule has 13 heteroatoms. The first-order valence-electron chi connectivity index (χ1n) is 11.7. The molecule has 4 heterocycles. The summed E-state index contributed by atoms with van der Waals surface area (Å²) in [7, 11) is 1.74. The highest BCUT2D eigenvalue weighted by atomic mass is 32.1. The molecule has 3 aromatic rings. The van der Waals surface area contributed by atoms with Gasteiger partial charge in [0.15, 0.2) is 11.6 Å². The molecule has 2 aromatic heterocycles. The molecular weight excluding hydrogens is 498 g/mol. The van der Waals surface area contributed by atoms with E-state index < -0.39 is 5.92 Å². The lowest BCUT2D eigenvalue weighted by molar-refractivity contribution is -0.135. The second-order valence-electron chi connectivity index (χ2n) is 8.77. The van der Waals surface area contributed by atoms with Crippen molar-refractivity contribution in [2.45, 2.75) is 18.8 Å². The fourth-order valence-electron chi connectivity index (χ4n) is 4.63. The lowest BCUT2D eigenvalue weighted by atomic mass is 9.93. The molecule has 190 valence electrons. The van der Waals surface area contributed by atoms with E-state index in [1.54, 1.807) is 33.7 Å². The van der Waals surface area contributed by atoms with Crippen LogP contribution < -0.4 is 10.1 Å². The normalized spacial score (nSPS) is 18.0. The first-order chi connectivity index (χ1) is 17.9. The number of hydrogen-bond acceptors (Lipinski definition) is 9. The number of ether oxygens (including phenoxy) is 1. The molecule has 1 atom stereocenters. The number of para-hydroxylation sites is 1. The van der Waals surface area contributed by atoms with E-state index in [9.17, 15) is 19.2 Å². The molecule has 0 radical (unpaired) electrons. The Morgan fingerprint density at radius 1 is 1.22 bits per heavy atom. The number of imide groups is 1. The van der Waals surface area contributed by atoms with Crippen molar-refractivity contribution in [3.8, 4) is 11.8 Å². The van der Waals surface area contributed by atoms with Crippen molar-refractivity contribution in [2.24, 2.45) is 7.05 Å². The number of amides is 4. The molecule has 2 saturated heterocycles. The van der Waals surface area contributed by atoms with Gasteiger partial charge in [-0.2, -0.15) is 10.4 Å². The summed E-state index contributed by atoms with van der Waals surface area (Å²) in [5.74, 6) is -1.12. The van der Waals surface area contributed by atoms with Gasteiger partial charge in [-0.05, 0) is 12.5 Å². The number of rotatable bonds is 5. The third-order valence-corrected chi connectivity index (χ3v) is 7.40. The van der Waals surface area contributed by atoms with Gasteiger partial charge in [-0.1, -0.05) is 23.5 Å². The standard InChI is InChI=1S/C24H23N7O5S/c1-29-22-14(21(28-29)15-5-6-18(32)27-23(15)34)3-2-4-16(22)36-13-20(33)30-7-9-31(10-8-30)24(35)17-12-26-19(11-25)37-17/h2-4,12,15H,5-10,13H2,1H3,(H,27,32,34). The number of hydrogen-bond donors (Lipinski definition) is 1. The lowest BCUT2D eigenvalue weighted by Gasteiger charge is -2.34. The highest BCUT2D eigenvalue weighted by Gasteiger charge is 2.32. The average Bonchev–Trinajstić information content (AvgIpc) is 3.52. The van der Waals surface area contributed by atoms with Gasteiger partial charge in [-0.3, -0.25) is 29.2 Å². The van der Waals surface area contributed by atoms with Crippen LogP contribution in [0.1, 0.15) is 39.1 Å². The summed E-state index contributed by atoms with van der Waals surface area (Å²) < 4.78 is 7.51. The van der Waals surface area contributed by atoms with E-state index in [0.717, 1.165) is 16.7 Å². The first-order valence-corrected chi connectivity index (χ1v) is 12.5. The number of nitrogens with one attached hydrogen (secondary N) is 1. The molecule has 0 aliphatic carbocycles. The van der Waals surface area contributed by atoms with Gasteiger partial charge in [0.05, 0.1) is 17.8 Å². The van der Waals surface area contributed by atoms with Crippen LogP contribution in [0.15, 0.2) is 24.4 Å². The van der Waals surface area contributed by atoms with Crippen molar-refractivity contribution < 1.29 is 23.9 Å². The maximum Gasteiger partial charge on any atom is 0.265 e. The minimum atomic E-state index is -0.534. The van der Waals surface area contributed by atoms with Crippen molar-refractivity contribution >= 4 is 45.9 Å². The molecule has 2 aliphatic rings. The van der Waals surface area contributed by atoms with Crippen molar-refractivity contribution in [3.05, 3.63) is 40.0 Å². The molecule has 0 spiro atoms. The number of piperidine rings is 1. The van der Waals surface area contributed by atoms with Crippen LogP contribution in [0.25, 0.3) is 10.9 Å². The zero-order valence-electron chi connectivity index (χ0n) is 20.0. The van der Waals surface area contributed by atoms with Gasteiger partial charge in [0.25, 0.3) is 11.8 Å². The van der Waals surface area contributed by atoms with Gasteiger partial charge < -0.3 is 14.5 Å². The zero-order chi connectivity index (χ0) is 26.1. The third kappa shape index (κ3) is 4.75. The van der Waals surface area contributed by atoms with Gasteiger partial charge in [-0.25, -0.2) is 4.98 Å². The number of carbonyl (C=O) groups is 4. The van der Waals surface area contributed by atoms with Gasteiger partial charge in [-0.15, -0.1) is 0 Å². The molecule has 0 saturated carbocycles. The Bertz CT molecular complexity index is 1450. The van der Waals surface area contributed by atoms with Crippen LogP contribution in [0.3, 0.4) is 0 Å². The number of nitrogens with zero attached hydrogens (tertiary/aromatic N) is 6. The van der Waals surface area contributed by atoms with Crippen LogP contribution in [-0.2, 0) is 21.4 Å². The van der Waals surface area contributed by atoms with E-state index in [0.29, 0.717) is 54.4 Å². The van der Waals surface area contributed by atoms with Crippen molar-refractivity contribution in [1.29, 1.82) is 5.26 Å². The Kier molecular flexibility index (Phi) is 6.58. The average molecular weight is 522 g/mol. The van der Waals surface area contributed by atoms with Gasteiger partial charge in [0, 0.05) is 45.0 Å². The van der Waals surface area contributed by atoms with E-state index in [-0.39, 0.29) is 41.7 Å². The summed E-state index contributed by atoms with van der Waals surface area (Å²) in [6.07, 6.45) is 2.04. The van der Waals surface area contributed by atoms with Crippen LogP contribution in [0.2, 0.25) is 0 Å². The van der Waals surface area contributed by atoms with Crippen LogP contribution in [-0.4, -0.2) is 81.0 Å².